The van der Waals surface area contributed by atoms with E-state index >= 15 is 0 Å². The molecule has 2 saturated heterocycles. The van der Waals surface area contributed by atoms with E-state index in [1.165, 1.54) is 31.3 Å². The van der Waals surface area contributed by atoms with Gasteiger partial charge in [0.05, 0.1) is 42.5 Å². The number of hydrogen-bond acceptors (Lipinski definition) is 6. The molecular formula is C28H26ClNO6. The van der Waals surface area contributed by atoms with Crippen LogP contribution in [0.1, 0.15) is 30.0 Å². The maximum atomic E-state index is 13.5. The first-order chi connectivity index (χ1) is 17.4. The van der Waals surface area contributed by atoms with E-state index in [0.29, 0.717) is 12.4 Å². The Labute approximate surface area is 213 Å². The van der Waals surface area contributed by atoms with Gasteiger partial charge in [0.2, 0.25) is 0 Å². The van der Waals surface area contributed by atoms with Crippen molar-refractivity contribution in [2.24, 2.45) is 0 Å². The number of rotatable bonds is 6. The van der Waals surface area contributed by atoms with Gasteiger partial charge < -0.3 is 24.2 Å². The summed E-state index contributed by atoms with van der Waals surface area (Å²) in [4.78, 5) is 28.4. The number of carbonyl (C=O) groups excluding carboxylic acids is 2. The molecule has 1 N–H and O–H groups in total. The lowest BCUT2D eigenvalue weighted by Crippen LogP contribution is -2.36. The van der Waals surface area contributed by atoms with Crippen LogP contribution in [-0.2, 0) is 14.3 Å². The predicted molar refractivity (Wildman–Crippen MR) is 136 cm³/mol. The van der Waals surface area contributed by atoms with Gasteiger partial charge >= 0.3 is 0 Å². The molecule has 2 fully saturated rings. The molecule has 0 spiro atoms. The highest BCUT2D eigenvalue weighted by Crippen LogP contribution is 2.44. The molecule has 3 aromatic rings. The normalized spacial score (nSPS) is 21.4. The molecule has 0 radical (unpaired) electrons. The van der Waals surface area contributed by atoms with Crippen LogP contribution in [0.25, 0.3) is 16.5 Å². The molecule has 0 saturated carbocycles. The van der Waals surface area contributed by atoms with Crippen LogP contribution < -0.4 is 9.47 Å². The number of benzene rings is 3. The van der Waals surface area contributed by atoms with Gasteiger partial charge in [-0.1, -0.05) is 54.1 Å². The standard InChI is InChI=1S/C28H26ClNO6/c1-34-22-14-23(35-2)21(29)13-20(22)26(31)24-25(19-11-5-8-16-7-3-4-10-18(16)19)30(28(33)27(24)32)15-17-9-6-12-36-17/h3-5,7-8,10-11,13-14,17,25,31H,6,9,12,15H2,1-2H3/b26-24+. The number of aliphatic hydroxyl groups excluding tert-OH is 1. The Balaban J connectivity index is 1.74. The number of Topliss-reactive ketones (excluding diaryl/α,β-unsaturated/α-hetero) is 1. The number of aliphatic hydroxyl groups is 1. The number of likely N-dealkylation sites (tertiary alicyclic amines) is 1. The van der Waals surface area contributed by atoms with Crippen LogP contribution in [0.2, 0.25) is 5.02 Å². The third-order valence-electron chi connectivity index (χ3n) is 6.81. The lowest BCUT2D eigenvalue weighted by atomic mass is 9.91. The van der Waals surface area contributed by atoms with E-state index in [1.54, 1.807) is 0 Å². The molecule has 5 rings (SSSR count). The second kappa shape index (κ2) is 9.84. The Hall–Kier alpha value is -3.55. The summed E-state index contributed by atoms with van der Waals surface area (Å²) < 4.78 is 16.5. The third kappa shape index (κ3) is 4.08. The van der Waals surface area contributed by atoms with Crippen molar-refractivity contribution in [1.82, 2.24) is 4.90 Å². The van der Waals surface area contributed by atoms with Gasteiger partial charge in [0.1, 0.15) is 17.3 Å². The highest BCUT2D eigenvalue weighted by molar-refractivity contribution is 6.46. The van der Waals surface area contributed by atoms with Crippen LogP contribution >= 0.6 is 11.6 Å². The van der Waals surface area contributed by atoms with Crippen LogP contribution in [0.4, 0.5) is 0 Å². The predicted octanol–water partition coefficient (Wildman–Crippen LogP) is 5.11. The molecule has 7 nitrogen and oxygen atoms in total. The Morgan fingerprint density at radius 2 is 1.83 bits per heavy atom. The third-order valence-corrected chi connectivity index (χ3v) is 7.11. The quantitative estimate of drug-likeness (QED) is 0.283. The molecule has 0 aliphatic carbocycles. The molecule has 2 unspecified atom stereocenters. The summed E-state index contributed by atoms with van der Waals surface area (Å²) in [5.41, 5.74) is 0.919. The van der Waals surface area contributed by atoms with Crippen molar-refractivity contribution in [2.45, 2.75) is 25.0 Å². The number of methoxy groups -OCH3 is 2. The zero-order chi connectivity index (χ0) is 25.4. The monoisotopic (exact) mass is 507 g/mol. The topological polar surface area (TPSA) is 85.3 Å². The van der Waals surface area contributed by atoms with Gasteiger partial charge in [0, 0.05) is 19.2 Å². The highest BCUT2D eigenvalue weighted by Gasteiger charge is 2.47. The Kier molecular flexibility index (Phi) is 6.60. The number of halogens is 1. The van der Waals surface area contributed by atoms with Crippen molar-refractivity contribution in [3.63, 3.8) is 0 Å². The van der Waals surface area contributed by atoms with Crippen LogP contribution in [0.3, 0.4) is 0 Å². The fourth-order valence-corrected chi connectivity index (χ4v) is 5.32. The van der Waals surface area contributed by atoms with Crippen LogP contribution in [0.5, 0.6) is 11.5 Å². The molecule has 0 bridgehead atoms. The maximum absolute atomic E-state index is 13.5. The number of carbonyl (C=O) groups is 2. The summed E-state index contributed by atoms with van der Waals surface area (Å²) in [5, 5.41) is 13.6. The molecule has 2 aliphatic rings. The van der Waals surface area contributed by atoms with Gasteiger partial charge in [-0.2, -0.15) is 0 Å². The first-order valence-electron chi connectivity index (χ1n) is 11.7. The first kappa shape index (κ1) is 24.2. The van der Waals surface area contributed by atoms with E-state index in [4.69, 9.17) is 25.8 Å². The molecule has 2 atom stereocenters. The van der Waals surface area contributed by atoms with Crippen molar-refractivity contribution in [3.8, 4) is 11.5 Å². The average molecular weight is 508 g/mol. The Morgan fingerprint density at radius 3 is 2.56 bits per heavy atom. The fourth-order valence-electron chi connectivity index (χ4n) is 5.08. The highest BCUT2D eigenvalue weighted by atomic mass is 35.5. The zero-order valence-electron chi connectivity index (χ0n) is 20.0. The van der Waals surface area contributed by atoms with Crippen molar-refractivity contribution < 1.29 is 28.9 Å². The van der Waals surface area contributed by atoms with Crippen LogP contribution in [0.15, 0.2) is 60.2 Å². The summed E-state index contributed by atoms with van der Waals surface area (Å²) in [6.07, 6.45) is 1.52. The number of fused-ring (bicyclic) bond motifs is 1. The minimum atomic E-state index is -0.814. The first-order valence-corrected chi connectivity index (χ1v) is 12.1. The van der Waals surface area contributed by atoms with Crippen molar-refractivity contribution >= 4 is 39.8 Å². The number of hydrogen-bond donors (Lipinski definition) is 1. The van der Waals surface area contributed by atoms with Gasteiger partial charge in [-0.15, -0.1) is 0 Å². The van der Waals surface area contributed by atoms with Crippen LogP contribution in [-0.4, -0.2) is 55.2 Å². The van der Waals surface area contributed by atoms with Gasteiger partial charge in [0.25, 0.3) is 11.7 Å². The number of ketones is 1. The number of ether oxygens (including phenoxy) is 3. The molecule has 0 aromatic heterocycles. The van der Waals surface area contributed by atoms with Gasteiger partial charge in [-0.3, -0.25) is 9.59 Å². The summed E-state index contributed by atoms with van der Waals surface area (Å²) in [6.45, 7) is 0.866. The lowest BCUT2D eigenvalue weighted by Gasteiger charge is -2.28. The zero-order valence-corrected chi connectivity index (χ0v) is 20.7. The molecule has 8 heteroatoms. The smallest absolute Gasteiger partial charge is 0.295 e. The van der Waals surface area contributed by atoms with E-state index in [9.17, 15) is 14.7 Å². The van der Waals surface area contributed by atoms with E-state index in [0.717, 1.165) is 29.2 Å². The van der Waals surface area contributed by atoms with E-state index in [-0.39, 0.29) is 40.3 Å². The maximum Gasteiger partial charge on any atom is 0.295 e. The number of amides is 1. The molecule has 36 heavy (non-hydrogen) atoms. The molecule has 2 heterocycles. The van der Waals surface area contributed by atoms with Crippen molar-refractivity contribution in [2.75, 3.05) is 27.4 Å². The van der Waals surface area contributed by atoms with Gasteiger partial charge in [0.15, 0.2) is 0 Å². The van der Waals surface area contributed by atoms with Crippen molar-refractivity contribution in [3.05, 3.63) is 76.3 Å². The van der Waals surface area contributed by atoms with Crippen molar-refractivity contribution in [1.29, 1.82) is 0 Å². The molecule has 186 valence electrons. The molecule has 1 amide bonds. The second-order valence-electron chi connectivity index (χ2n) is 8.84. The fraction of sp³-hybridized carbons (Fsp3) is 0.286. The van der Waals surface area contributed by atoms with Gasteiger partial charge in [-0.05, 0) is 35.2 Å². The van der Waals surface area contributed by atoms with E-state index in [2.05, 4.69) is 0 Å². The summed E-state index contributed by atoms with van der Waals surface area (Å²) >= 11 is 6.35. The Morgan fingerprint density at radius 1 is 1.08 bits per heavy atom. The minimum absolute atomic E-state index is 0.0196. The minimum Gasteiger partial charge on any atom is -0.507 e. The summed E-state index contributed by atoms with van der Waals surface area (Å²) in [6, 6.07) is 15.7. The second-order valence-corrected chi connectivity index (χ2v) is 9.25. The largest absolute Gasteiger partial charge is 0.507 e. The van der Waals surface area contributed by atoms with E-state index in [1.807, 2.05) is 42.5 Å². The Bertz CT molecular complexity index is 1370. The molecular weight excluding hydrogens is 482 g/mol. The lowest BCUT2D eigenvalue weighted by molar-refractivity contribution is -0.140. The SMILES string of the molecule is COc1cc(OC)c(/C(O)=C2\C(=O)C(=O)N(CC3CCCO3)C2c2cccc3ccccc23)cc1Cl. The summed E-state index contributed by atoms with van der Waals surface area (Å²) in [7, 11) is 2.91. The van der Waals surface area contributed by atoms with E-state index < -0.39 is 17.7 Å². The number of nitrogens with zero attached hydrogens (tertiary/aromatic N) is 1. The molecule has 3 aromatic carbocycles. The van der Waals surface area contributed by atoms with Crippen LogP contribution in [0, 0.1) is 0 Å². The molecule has 2 aliphatic heterocycles. The summed E-state index contributed by atoms with van der Waals surface area (Å²) in [5.74, 6) is -1.19. The van der Waals surface area contributed by atoms with Gasteiger partial charge in [-0.25, -0.2) is 0 Å². The average Bonchev–Trinajstić information content (AvgIpc) is 3.50.